The van der Waals surface area contributed by atoms with Gasteiger partial charge in [0.1, 0.15) is 29.9 Å². The summed E-state index contributed by atoms with van der Waals surface area (Å²) in [7, 11) is 0. The second kappa shape index (κ2) is 16.0. The van der Waals surface area contributed by atoms with Crippen LogP contribution in [0.4, 0.5) is 5.69 Å². The molecule has 45 heavy (non-hydrogen) atoms. The number of carbonyl (C=O) groups excluding carboxylic acids is 1. The van der Waals surface area contributed by atoms with Crippen molar-refractivity contribution >= 4 is 23.2 Å². The highest BCUT2D eigenvalue weighted by molar-refractivity contribution is 6.32. The van der Waals surface area contributed by atoms with E-state index in [4.69, 9.17) is 21.1 Å². The zero-order chi connectivity index (χ0) is 31.3. The maximum atomic E-state index is 13.5. The molecule has 5 rings (SSSR count). The van der Waals surface area contributed by atoms with Gasteiger partial charge in [0.2, 0.25) is 5.91 Å². The lowest BCUT2D eigenvalue weighted by atomic mass is 10.1. The lowest BCUT2D eigenvalue weighted by Crippen LogP contribution is -2.41. The topological polar surface area (TPSA) is 131 Å². The van der Waals surface area contributed by atoms with Crippen LogP contribution in [0.1, 0.15) is 23.9 Å². The van der Waals surface area contributed by atoms with Crippen molar-refractivity contribution in [3.63, 3.8) is 0 Å². The molecule has 0 saturated carbocycles. The van der Waals surface area contributed by atoms with E-state index in [-0.39, 0.29) is 25.5 Å². The average molecular weight is 623 g/mol. The van der Waals surface area contributed by atoms with Crippen LogP contribution >= 0.6 is 11.6 Å². The third-order valence-corrected chi connectivity index (χ3v) is 7.15. The van der Waals surface area contributed by atoms with E-state index in [0.717, 1.165) is 11.3 Å². The smallest absolute Gasteiger partial charge is 0.238 e. The van der Waals surface area contributed by atoms with Crippen molar-refractivity contribution in [1.82, 2.24) is 30.1 Å². The number of nitriles is 1. The van der Waals surface area contributed by atoms with E-state index in [0.29, 0.717) is 47.5 Å². The third-order valence-electron chi connectivity index (χ3n) is 6.84. The van der Waals surface area contributed by atoms with Crippen molar-refractivity contribution < 1.29 is 14.3 Å². The van der Waals surface area contributed by atoms with Crippen LogP contribution < -0.4 is 14.8 Å². The highest BCUT2D eigenvalue weighted by Gasteiger charge is 2.29. The first-order valence-electron chi connectivity index (χ1n) is 14.3. The Morgan fingerprint density at radius 1 is 1.00 bits per heavy atom. The number of hydrogen-bond donors (Lipinski definition) is 1. The molecule has 0 bridgehead atoms. The van der Waals surface area contributed by atoms with Crippen LogP contribution in [0.5, 0.6) is 17.2 Å². The quantitative estimate of drug-likeness (QED) is 0.155. The number of hydrogen-bond acceptors (Lipinski definition) is 9. The number of tetrazole rings is 1. The number of nitrogens with one attached hydrogen (secondary N) is 1. The first-order valence-corrected chi connectivity index (χ1v) is 14.7. The fraction of sp³-hybridized carbons (Fsp3) is 0.212. The zero-order valence-corrected chi connectivity index (χ0v) is 25.1. The van der Waals surface area contributed by atoms with Gasteiger partial charge < -0.3 is 14.8 Å². The summed E-state index contributed by atoms with van der Waals surface area (Å²) in [6, 6.07) is 29.2. The summed E-state index contributed by atoms with van der Waals surface area (Å²) in [5.74, 6) is 2.10. The fourth-order valence-electron chi connectivity index (χ4n) is 4.62. The maximum absolute atomic E-state index is 13.5. The van der Waals surface area contributed by atoms with Gasteiger partial charge in [-0.15, -0.1) is 5.10 Å². The molecule has 3 aromatic carbocycles. The Morgan fingerprint density at radius 3 is 2.53 bits per heavy atom. The molecule has 1 amide bonds. The molecule has 0 saturated heterocycles. The zero-order valence-electron chi connectivity index (χ0n) is 24.4. The van der Waals surface area contributed by atoms with Crippen molar-refractivity contribution in [2.24, 2.45) is 0 Å². The average Bonchev–Trinajstić information content (AvgIpc) is 3.53. The van der Waals surface area contributed by atoms with Crippen molar-refractivity contribution in [3.05, 3.63) is 120 Å². The number of ether oxygens (including phenoxy) is 2. The Kier molecular flexibility index (Phi) is 11.0. The molecule has 12 heteroatoms. The van der Waals surface area contributed by atoms with E-state index in [9.17, 15) is 10.1 Å². The number of pyridine rings is 1. The van der Waals surface area contributed by atoms with Gasteiger partial charge in [0, 0.05) is 24.6 Å². The molecule has 0 spiro atoms. The Balaban J connectivity index is 1.36. The van der Waals surface area contributed by atoms with E-state index in [2.05, 4.69) is 31.9 Å². The number of aromatic nitrogens is 5. The van der Waals surface area contributed by atoms with Crippen LogP contribution in [0.15, 0.2) is 103 Å². The molecule has 0 radical (unpaired) electrons. The number of aryl methyl sites for hydroxylation is 1. The van der Waals surface area contributed by atoms with Crippen LogP contribution in [0.2, 0.25) is 5.02 Å². The van der Waals surface area contributed by atoms with Crippen LogP contribution in [0.3, 0.4) is 0 Å². The van der Waals surface area contributed by atoms with Crippen molar-refractivity contribution in [1.29, 1.82) is 5.26 Å². The minimum atomic E-state index is -0.556. The van der Waals surface area contributed by atoms with Crippen molar-refractivity contribution in [3.8, 4) is 23.3 Å². The van der Waals surface area contributed by atoms with E-state index >= 15 is 0 Å². The van der Waals surface area contributed by atoms with Gasteiger partial charge >= 0.3 is 0 Å². The van der Waals surface area contributed by atoms with Crippen LogP contribution in [0, 0.1) is 11.3 Å². The molecule has 5 aromatic rings. The number of benzene rings is 3. The monoisotopic (exact) mass is 622 g/mol. The summed E-state index contributed by atoms with van der Waals surface area (Å²) in [5, 5.41) is 24.9. The Bertz CT molecular complexity index is 1690. The molecular weight excluding hydrogens is 592 g/mol. The number of carbonyl (C=O) groups is 1. The highest BCUT2D eigenvalue weighted by atomic mass is 35.5. The predicted molar refractivity (Wildman–Crippen MR) is 169 cm³/mol. The van der Waals surface area contributed by atoms with Crippen molar-refractivity contribution in [2.75, 3.05) is 25.0 Å². The number of para-hydroxylation sites is 2. The SMILES string of the molecule is N#CCCn1nnnc1C(COc1ccccc1Cl)N(CCc1cccnc1)CC(=O)Nc1ccc(Oc2ccccc2)cc1. The lowest BCUT2D eigenvalue weighted by molar-refractivity contribution is -0.118. The van der Waals surface area contributed by atoms with Crippen LogP contribution in [-0.2, 0) is 17.8 Å². The molecule has 0 aliphatic rings. The first-order chi connectivity index (χ1) is 22.1. The molecule has 0 aliphatic carbocycles. The molecule has 0 fully saturated rings. The van der Waals surface area contributed by atoms with Gasteiger partial charge in [-0.05, 0) is 77.0 Å². The minimum Gasteiger partial charge on any atom is -0.490 e. The number of anilines is 1. The van der Waals surface area contributed by atoms with Crippen molar-refractivity contribution in [2.45, 2.75) is 25.4 Å². The second-order valence-corrected chi connectivity index (χ2v) is 10.4. The molecular formula is C33H31ClN8O3. The normalized spacial score (nSPS) is 11.5. The number of amides is 1. The minimum absolute atomic E-state index is 0.00415. The number of rotatable bonds is 15. The maximum Gasteiger partial charge on any atom is 0.238 e. The standard InChI is InChI=1S/C33H31ClN8O3/c34-29-11-4-5-12-31(29)44-24-30(33-38-39-40-42(33)20-7-18-35)41(21-17-25-8-6-19-36-22-25)23-32(43)37-26-13-15-28(16-14-26)45-27-9-2-1-3-10-27/h1-6,8-16,19,22,30H,7,17,20-21,23-24H2,(H,37,43). The molecule has 11 nitrogen and oxygen atoms in total. The second-order valence-electron chi connectivity index (χ2n) is 9.99. The Hall–Kier alpha value is -5.31. The van der Waals surface area contributed by atoms with E-state index in [1.54, 1.807) is 53.5 Å². The van der Waals surface area contributed by atoms with Crippen LogP contribution in [-0.4, -0.2) is 55.7 Å². The summed E-state index contributed by atoms with van der Waals surface area (Å²) in [6.07, 6.45) is 4.34. The molecule has 1 atom stereocenters. The van der Waals surface area contributed by atoms with Gasteiger partial charge in [0.25, 0.3) is 0 Å². The number of nitrogens with zero attached hydrogens (tertiary/aromatic N) is 7. The summed E-state index contributed by atoms with van der Waals surface area (Å²) in [6.45, 7) is 0.860. The molecule has 1 unspecified atom stereocenters. The molecule has 228 valence electrons. The van der Waals surface area contributed by atoms with Gasteiger partial charge in [0.05, 0.1) is 30.6 Å². The van der Waals surface area contributed by atoms with Gasteiger partial charge in [-0.25, -0.2) is 4.68 Å². The first kappa shape index (κ1) is 31.1. The molecule has 2 aromatic heterocycles. The largest absolute Gasteiger partial charge is 0.490 e. The predicted octanol–water partition coefficient (Wildman–Crippen LogP) is 5.73. The molecule has 0 aliphatic heterocycles. The van der Waals surface area contributed by atoms with Gasteiger partial charge in [-0.2, -0.15) is 5.26 Å². The lowest BCUT2D eigenvalue weighted by Gasteiger charge is -2.30. The highest BCUT2D eigenvalue weighted by Crippen LogP contribution is 2.27. The van der Waals surface area contributed by atoms with Gasteiger partial charge in [-0.1, -0.05) is 48.0 Å². The Morgan fingerprint density at radius 2 is 1.78 bits per heavy atom. The third kappa shape index (κ3) is 9.09. The summed E-state index contributed by atoms with van der Waals surface area (Å²) in [4.78, 5) is 19.7. The van der Waals surface area contributed by atoms with E-state index in [1.165, 1.54) is 0 Å². The summed E-state index contributed by atoms with van der Waals surface area (Å²) in [5.41, 5.74) is 1.63. The van der Waals surface area contributed by atoms with Gasteiger partial charge in [-0.3, -0.25) is 14.7 Å². The van der Waals surface area contributed by atoms with E-state index < -0.39 is 6.04 Å². The van der Waals surface area contributed by atoms with Gasteiger partial charge in [0.15, 0.2) is 5.82 Å². The Labute approximate surface area is 266 Å². The fourth-order valence-corrected chi connectivity index (χ4v) is 4.81. The van der Waals surface area contributed by atoms with Crippen LogP contribution in [0.25, 0.3) is 0 Å². The number of halogens is 1. The molecule has 2 heterocycles. The van der Waals surface area contributed by atoms with E-state index in [1.807, 2.05) is 59.5 Å². The molecule has 1 N–H and O–H groups in total. The summed E-state index contributed by atoms with van der Waals surface area (Å²) >= 11 is 6.38. The summed E-state index contributed by atoms with van der Waals surface area (Å²) < 4.78 is 13.6.